The first-order valence-corrected chi connectivity index (χ1v) is 7.13. The molecule has 2 heterocycles. The van der Waals surface area contributed by atoms with Gasteiger partial charge in [0.15, 0.2) is 0 Å². The smallest absolute Gasteiger partial charge is 0.0451 e. The third-order valence-electron chi connectivity index (χ3n) is 4.19. The average Bonchev–Trinajstić information content (AvgIpc) is 2.85. The van der Waals surface area contributed by atoms with Crippen LogP contribution in [0.15, 0.2) is 66.3 Å². The zero-order chi connectivity index (χ0) is 13.5. The fourth-order valence-corrected chi connectivity index (χ4v) is 3.08. The molecule has 0 bridgehead atoms. The lowest BCUT2D eigenvalue weighted by Crippen LogP contribution is -2.18. The molecule has 98 valence electrons. The third-order valence-corrected chi connectivity index (χ3v) is 4.19. The van der Waals surface area contributed by atoms with Gasteiger partial charge in [0, 0.05) is 24.4 Å². The van der Waals surface area contributed by atoms with E-state index in [1.165, 1.54) is 33.5 Å². The first-order valence-electron chi connectivity index (χ1n) is 7.13. The van der Waals surface area contributed by atoms with Gasteiger partial charge in [0.05, 0.1) is 0 Å². The standard InChI is InChI=1S/C19H17N/c1-14-9-10-20-13-17-8-7-16(12-18(17)19(20)11-14)15-5-3-2-4-6-15/h2-9,11-12H,10,13H2,1H3. The molecule has 0 amide bonds. The topological polar surface area (TPSA) is 3.24 Å². The summed E-state index contributed by atoms with van der Waals surface area (Å²) in [6.45, 7) is 4.26. The van der Waals surface area contributed by atoms with Crippen molar-refractivity contribution < 1.29 is 0 Å². The average molecular weight is 259 g/mol. The molecule has 2 aromatic carbocycles. The number of rotatable bonds is 1. The number of benzene rings is 2. The van der Waals surface area contributed by atoms with Crippen LogP contribution < -0.4 is 0 Å². The Morgan fingerprint density at radius 1 is 0.950 bits per heavy atom. The van der Waals surface area contributed by atoms with Crippen molar-refractivity contribution in [3.8, 4) is 11.1 Å². The normalized spacial score (nSPS) is 16.4. The highest BCUT2D eigenvalue weighted by Gasteiger charge is 2.25. The van der Waals surface area contributed by atoms with Crippen LogP contribution in [0.25, 0.3) is 16.8 Å². The highest BCUT2D eigenvalue weighted by atomic mass is 15.2. The van der Waals surface area contributed by atoms with Crippen molar-refractivity contribution in [1.29, 1.82) is 0 Å². The maximum absolute atomic E-state index is 2.45. The first kappa shape index (κ1) is 11.5. The summed E-state index contributed by atoms with van der Waals surface area (Å²) in [5.41, 5.74) is 8.20. The number of hydrogen-bond donors (Lipinski definition) is 0. The van der Waals surface area contributed by atoms with Crippen molar-refractivity contribution in [3.63, 3.8) is 0 Å². The zero-order valence-corrected chi connectivity index (χ0v) is 11.6. The quantitative estimate of drug-likeness (QED) is 0.730. The Morgan fingerprint density at radius 3 is 2.65 bits per heavy atom. The summed E-state index contributed by atoms with van der Waals surface area (Å²) in [5.74, 6) is 0. The maximum atomic E-state index is 2.45. The van der Waals surface area contributed by atoms with Gasteiger partial charge in [0.25, 0.3) is 0 Å². The van der Waals surface area contributed by atoms with E-state index >= 15 is 0 Å². The molecule has 2 aliphatic heterocycles. The Bertz CT molecular complexity index is 723. The molecule has 0 N–H and O–H groups in total. The van der Waals surface area contributed by atoms with E-state index in [1.54, 1.807) is 0 Å². The van der Waals surface area contributed by atoms with Crippen LogP contribution in [0.2, 0.25) is 0 Å². The Kier molecular flexibility index (Phi) is 2.53. The van der Waals surface area contributed by atoms with Crippen LogP contribution in [0.4, 0.5) is 0 Å². The van der Waals surface area contributed by atoms with E-state index in [0.717, 1.165) is 13.1 Å². The highest BCUT2D eigenvalue weighted by Crippen LogP contribution is 2.37. The first-order chi connectivity index (χ1) is 9.81. The molecule has 0 aliphatic carbocycles. The summed E-state index contributed by atoms with van der Waals surface area (Å²) in [5, 5.41) is 0. The number of fused-ring (bicyclic) bond motifs is 3. The second-order valence-corrected chi connectivity index (χ2v) is 5.60. The summed E-state index contributed by atoms with van der Waals surface area (Å²) in [4.78, 5) is 2.45. The molecule has 1 nitrogen and oxygen atoms in total. The summed E-state index contributed by atoms with van der Waals surface area (Å²) < 4.78 is 0. The summed E-state index contributed by atoms with van der Waals surface area (Å²) in [6, 6.07) is 17.5. The second kappa shape index (κ2) is 4.38. The van der Waals surface area contributed by atoms with Crippen LogP contribution in [0.3, 0.4) is 0 Å². The van der Waals surface area contributed by atoms with E-state index in [4.69, 9.17) is 0 Å². The van der Waals surface area contributed by atoms with E-state index in [1.807, 2.05) is 0 Å². The fraction of sp³-hybridized carbons (Fsp3) is 0.158. The van der Waals surface area contributed by atoms with E-state index in [0.29, 0.717) is 0 Å². The number of nitrogens with zero attached hydrogens (tertiary/aromatic N) is 1. The molecule has 0 saturated heterocycles. The molecule has 0 aromatic heterocycles. The van der Waals surface area contributed by atoms with Gasteiger partial charge in [-0.3, -0.25) is 0 Å². The molecule has 2 aliphatic rings. The minimum Gasteiger partial charge on any atom is -0.363 e. The van der Waals surface area contributed by atoms with Crippen LogP contribution in [-0.2, 0) is 6.54 Å². The van der Waals surface area contributed by atoms with Gasteiger partial charge in [0.2, 0.25) is 0 Å². The monoisotopic (exact) mass is 259 g/mol. The molecule has 0 atom stereocenters. The van der Waals surface area contributed by atoms with Crippen molar-refractivity contribution in [2.45, 2.75) is 13.5 Å². The van der Waals surface area contributed by atoms with Crippen LogP contribution in [0.5, 0.6) is 0 Å². The van der Waals surface area contributed by atoms with Crippen LogP contribution >= 0.6 is 0 Å². The zero-order valence-electron chi connectivity index (χ0n) is 11.6. The lowest BCUT2D eigenvalue weighted by molar-refractivity contribution is 0.449. The van der Waals surface area contributed by atoms with Gasteiger partial charge in [-0.15, -0.1) is 0 Å². The highest BCUT2D eigenvalue weighted by molar-refractivity contribution is 5.78. The Balaban J connectivity index is 1.83. The minimum absolute atomic E-state index is 1.03. The van der Waals surface area contributed by atoms with Crippen LogP contribution in [0, 0.1) is 0 Å². The minimum atomic E-state index is 1.03. The molecular formula is C19H17N. The largest absolute Gasteiger partial charge is 0.363 e. The third kappa shape index (κ3) is 1.78. The molecule has 0 saturated carbocycles. The van der Waals surface area contributed by atoms with Crippen molar-refractivity contribution in [2.75, 3.05) is 6.54 Å². The SMILES string of the molecule is CC1=CCN2Cc3ccc(-c4ccccc4)cc3C2=C1. The van der Waals surface area contributed by atoms with Crippen molar-refractivity contribution in [3.05, 3.63) is 77.4 Å². The summed E-state index contributed by atoms with van der Waals surface area (Å²) in [6.07, 6.45) is 4.61. The van der Waals surface area contributed by atoms with E-state index in [2.05, 4.69) is 72.5 Å². The molecule has 20 heavy (non-hydrogen) atoms. The van der Waals surface area contributed by atoms with Crippen LogP contribution in [0.1, 0.15) is 18.1 Å². The van der Waals surface area contributed by atoms with Gasteiger partial charge in [0.1, 0.15) is 0 Å². The Morgan fingerprint density at radius 2 is 1.80 bits per heavy atom. The van der Waals surface area contributed by atoms with Crippen molar-refractivity contribution in [1.82, 2.24) is 4.90 Å². The molecule has 2 aromatic rings. The predicted molar refractivity (Wildman–Crippen MR) is 84.0 cm³/mol. The van der Waals surface area contributed by atoms with E-state index in [-0.39, 0.29) is 0 Å². The van der Waals surface area contributed by atoms with Gasteiger partial charge >= 0.3 is 0 Å². The van der Waals surface area contributed by atoms with E-state index in [9.17, 15) is 0 Å². The van der Waals surface area contributed by atoms with Gasteiger partial charge in [-0.2, -0.15) is 0 Å². The Labute approximate surface area is 119 Å². The van der Waals surface area contributed by atoms with E-state index < -0.39 is 0 Å². The molecule has 0 unspecified atom stereocenters. The molecule has 0 spiro atoms. The predicted octanol–water partition coefficient (Wildman–Crippen LogP) is 4.47. The molecule has 0 fully saturated rings. The summed E-state index contributed by atoms with van der Waals surface area (Å²) >= 11 is 0. The molecule has 1 heteroatoms. The van der Waals surface area contributed by atoms with Crippen molar-refractivity contribution in [2.24, 2.45) is 0 Å². The lowest BCUT2D eigenvalue weighted by atomic mass is 9.98. The number of allylic oxidation sites excluding steroid dienone is 2. The van der Waals surface area contributed by atoms with Gasteiger partial charge in [-0.25, -0.2) is 0 Å². The van der Waals surface area contributed by atoms with Gasteiger partial charge in [-0.05, 0) is 35.8 Å². The van der Waals surface area contributed by atoms with Gasteiger partial charge in [-0.1, -0.05) is 54.1 Å². The second-order valence-electron chi connectivity index (χ2n) is 5.60. The van der Waals surface area contributed by atoms with Crippen molar-refractivity contribution >= 4 is 5.70 Å². The molecular weight excluding hydrogens is 242 g/mol. The molecule has 4 rings (SSSR count). The fourth-order valence-electron chi connectivity index (χ4n) is 3.08. The van der Waals surface area contributed by atoms with Gasteiger partial charge < -0.3 is 4.90 Å². The van der Waals surface area contributed by atoms with Crippen LogP contribution in [-0.4, -0.2) is 11.4 Å². The maximum Gasteiger partial charge on any atom is 0.0451 e. The Hall–Kier alpha value is -2.28. The number of hydrogen-bond acceptors (Lipinski definition) is 1. The summed E-state index contributed by atoms with van der Waals surface area (Å²) in [7, 11) is 0. The lowest BCUT2D eigenvalue weighted by Gasteiger charge is -2.22. The molecule has 0 radical (unpaired) electrons.